The topological polar surface area (TPSA) is 84.5 Å². The van der Waals surface area contributed by atoms with E-state index in [0.29, 0.717) is 19.0 Å². The van der Waals surface area contributed by atoms with Gasteiger partial charge in [0.25, 0.3) is 5.69 Å². The highest BCUT2D eigenvalue weighted by Crippen LogP contribution is 2.12. The fourth-order valence-electron chi connectivity index (χ4n) is 2.04. The second-order valence-corrected chi connectivity index (χ2v) is 4.89. The number of nitrogens with one attached hydrogen (secondary N) is 2. The minimum atomic E-state index is -0.397. The van der Waals surface area contributed by atoms with Crippen LogP contribution in [-0.4, -0.2) is 22.5 Å². The molecule has 1 heterocycles. The van der Waals surface area contributed by atoms with E-state index in [-0.39, 0.29) is 5.69 Å². The Kier molecular flexibility index (Phi) is 5.13. The zero-order valence-electron chi connectivity index (χ0n) is 12.6. The summed E-state index contributed by atoms with van der Waals surface area (Å²) in [5.41, 5.74) is 2.07. The number of guanidine groups is 1. The average Bonchev–Trinajstić information content (AvgIpc) is 2.93. The molecule has 2 N–H and O–H groups in total. The number of nitrogens with zero attached hydrogens (tertiary/aromatic N) is 3. The van der Waals surface area contributed by atoms with Gasteiger partial charge in [0.05, 0.1) is 4.92 Å². The van der Waals surface area contributed by atoms with Crippen molar-refractivity contribution in [1.29, 1.82) is 0 Å². The van der Waals surface area contributed by atoms with E-state index in [1.807, 2.05) is 36.1 Å². The molecule has 0 unspecified atom stereocenters. The van der Waals surface area contributed by atoms with E-state index < -0.39 is 4.92 Å². The van der Waals surface area contributed by atoms with Crippen LogP contribution in [0.2, 0.25) is 0 Å². The van der Waals surface area contributed by atoms with Gasteiger partial charge in [0.1, 0.15) is 0 Å². The Labute approximate surface area is 128 Å². The molecule has 7 heteroatoms. The molecule has 1 aromatic heterocycles. The summed E-state index contributed by atoms with van der Waals surface area (Å²) in [6, 6.07) is 8.57. The Morgan fingerprint density at radius 2 is 2.00 bits per heavy atom. The van der Waals surface area contributed by atoms with Gasteiger partial charge in [-0.2, -0.15) is 0 Å². The van der Waals surface area contributed by atoms with Crippen LogP contribution in [0.3, 0.4) is 0 Å². The molecule has 0 radical (unpaired) electrons. The number of nitro benzene ring substituents is 1. The number of non-ortho nitro benzene ring substituents is 1. The lowest BCUT2D eigenvalue weighted by atomic mass is 10.2. The quantitative estimate of drug-likeness (QED) is 0.382. The van der Waals surface area contributed by atoms with Gasteiger partial charge in [0, 0.05) is 51.7 Å². The van der Waals surface area contributed by atoms with E-state index in [4.69, 9.17) is 0 Å². The number of aryl methyl sites for hydroxylation is 1. The molecule has 0 fully saturated rings. The molecule has 7 nitrogen and oxygen atoms in total. The molecular weight excluding hydrogens is 282 g/mol. The largest absolute Gasteiger partial charge is 0.357 e. The Bertz CT molecular complexity index is 678. The molecule has 0 aliphatic rings. The Morgan fingerprint density at radius 3 is 2.59 bits per heavy atom. The van der Waals surface area contributed by atoms with Crippen LogP contribution >= 0.6 is 0 Å². The lowest BCUT2D eigenvalue weighted by Crippen LogP contribution is -2.36. The molecule has 0 aliphatic carbocycles. The highest BCUT2D eigenvalue weighted by molar-refractivity contribution is 5.79. The first kappa shape index (κ1) is 15.6. The number of aromatic nitrogens is 1. The first-order valence-corrected chi connectivity index (χ1v) is 6.87. The van der Waals surface area contributed by atoms with Gasteiger partial charge in [-0.3, -0.25) is 15.1 Å². The third-order valence-corrected chi connectivity index (χ3v) is 3.16. The molecule has 0 aliphatic heterocycles. The maximum atomic E-state index is 10.8. The standard InChI is InChI=1S/C15H19N5O2/c1-16-15(18-10-13-6-7-19(2)11-13)17-9-12-4-3-5-14(8-12)20(21)22/h3-8,11H,9-10H2,1-2H3,(H2,16,17,18). The summed E-state index contributed by atoms with van der Waals surface area (Å²) in [5, 5.41) is 17.1. The molecule has 116 valence electrons. The zero-order valence-corrected chi connectivity index (χ0v) is 12.6. The molecule has 0 atom stereocenters. The normalized spacial score (nSPS) is 11.3. The predicted molar refractivity (Wildman–Crippen MR) is 85.5 cm³/mol. The van der Waals surface area contributed by atoms with Crippen LogP contribution in [0.5, 0.6) is 0 Å². The van der Waals surface area contributed by atoms with Crippen LogP contribution in [0.4, 0.5) is 5.69 Å². The Morgan fingerprint density at radius 1 is 1.27 bits per heavy atom. The molecule has 22 heavy (non-hydrogen) atoms. The molecule has 0 saturated carbocycles. The number of aliphatic imine (C=N–C) groups is 1. The van der Waals surface area contributed by atoms with Crippen LogP contribution in [0.15, 0.2) is 47.7 Å². The Balaban J connectivity index is 1.88. The van der Waals surface area contributed by atoms with Crippen molar-refractivity contribution >= 4 is 11.6 Å². The smallest absolute Gasteiger partial charge is 0.269 e. The zero-order chi connectivity index (χ0) is 15.9. The highest BCUT2D eigenvalue weighted by Gasteiger charge is 2.06. The van der Waals surface area contributed by atoms with Crippen molar-refractivity contribution in [3.8, 4) is 0 Å². The van der Waals surface area contributed by atoms with Crippen molar-refractivity contribution in [2.24, 2.45) is 12.0 Å². The van der Waals surface area contributed by atoms with E-state index in [1.165, 1.54) is 6.07 Å². The first-order valence-electron chi connectivity index (χ1n) is 6.87. The summed E-state index contributed by atoms with van der Waals surface area (Å²) in [4.78, 5) is 14.5. The molecule has 2 rings (SSSR count). The summed E-state index contributed by atoms with van der Waals surface area (Å²) >= 11 is 0. The van der Waals surface area contributed by atoms with Crippen LogP contribution in [0.25, 0.3) is 0 Å². The van der Waals surface area contributed by atoms with Gasteiger partial charge in [-0.1, -0.05) is 12.1 Å². The third kappa shape index (κ3) is 4.34. The molecule has 0 saturated heterocycles. The predicted octanol–water partition coefficient (Wildman–Crippen LogP) is 1.80. The number of hydrogen-bond acceptors (Lipinski definition) is 3. The van der Waals surface area contributed by atoms with E-state index >= 15 is 0 Å². The van der Waals surface area contributed by atoms with Crippen molar-refractivity contribution in [3.63, 3.8) is 0 Å². The summed E-state index contributed by atoms with van der Waals surface area (Å²) in [7, 11) is 3.66. The number of hydrogen-bond donors (Lipinski definition) is 2. The van der Waals surface area contributed by atoms with Gasteiger partial charge >= 0.3 is 0 Å². The van der Waals surface area contributed by atoms with Gasteiger partial charge in [0.2, 0.25) is 0 Å². The van der Waals surface area contributed by atoms with Gasteiger partial charge in [0.15, 0.2) is 5.96 Å². The fraction of sp³-hybridized carbons (Fsp3) is 0.267. The monoisotopic (exact) mass is 301 g/mol. The molecule has 2 aromatic rings. The van der Waals surface area contributed by atoms with Crippen molar-refractivity contribution in [2.45, 2.75) is 13.1 Å². The van der Waals surface area contributed by atoms with Gasteiger partial charge in [-0.25, -0.2) is 0 Å². The van der Waals surface area contributed by atoms with Crippen molar-refractivity contribution in [3.05, 3.63) is 64.0 Å². The lowest BCUT2D eigenvalue weighted by molar-refractivity contribution is -0.384. The number of nitro groups is 1. The molecule has 0 spiro atoms. The molecule has 0 bridgehead atoms. The minimum absolute atomic E-state index is 0.0894. The van der Waals surface area contributed by atoms with E-state index in [0.717, 1.165) is 11.1 Å². The summed E-state index contributed by atoms with van der Waals surface area (Å²) in [6.45, 7) is 1.13. The number of benzene rings is 1. The van der Waals surface area contributed by atoms with Gasteiger partial charge in [-0.05, 0) is 17.2 Å². The van der Waals surface area contributed by atoms with E-state index in [2.05, 4.69) is 15.6 Å². The molecular formula is C15H19N5O2. The highest BCUT2D eigenvalue weighted by atomic mass is 16.6. The van der Waals surface area contributed by atoms with Crippen LogP contribution in [0.1, 0.15) is 11.1 Å². The lowest BCUT2D eigenvalue weighted by Gasteiger charge is -2.11. The van der Waals surface area contributed by atoms with Crippen molar-refractivity contribution in [1.82, 2.24) is 15.2 Å². The van der Waals surface area contributed by atoms with Crippen LogP contribution < -0.4 is 10.6 Å². The summed E-state index contributed by atoms with van der Waals surface area (Å²) < 4.78 is 1.98. The van der Waals surface area contributed by atoms with Crippen molar-refractivity contribution < 1.29 is 4.92 Å². The van der Waals surface area contributed by atoms with Gasteiger partial charge < -0.3 is 15.2 Å². The first-order chi connectivity index (χ1) is 10.6. The van der Waals surface area contributed by atoms with Crippen molar-refractivity contribution in [2.75, 3.05) is 7.05 Å². The van der Waals surface area contributed by atoms with E-state index in [9.17, 15) is 10.1 Å². The Hall–Kier alpha value is -2.83. The fourth-order valence-corrected chi connectivity index (χ4v) is 2.04. The third-order valence-electron chi connectivity index (χ3n) is 3.16. The summed E-state index contributed by atoms with van der Waals surface area (Å²) in [5.74, 6) is 0.648. The van der Waals surface area contributed by atoms with E-state index in [1.54, 1.807) is 19.2 Å². The summed E-state index contributed by atoms with van der Waals surface area (Å²) in [6.07, 6.45) is 4.01. The second kappa shape index (κ2) is 7.26. The number of rotatable bonds is 5. The minimum Gasteiger partial charge on any atom is -0.357 e. The maximum absolute atomic E-state index is 10.8. The van der Waals surface area contributed by atoms with Crippen LogP contribution in [0, 0.1) is 10.1 Å². The second-order valence-electron chi connectivity index (χ2n) is 4.89. The molecule has 1 aromatic carbocycles. The maximum Gasteiger partial charge on any atom is 0.269 e. The SMILES string of the molecule is CN=C(NCc1cccc([N+](=O)[O-])c1)NCc1ccn(C)c1. The molecule has 0 amide bonds. The van der Waals surface area contributed by atoms with Crippen LogP contribution in [-0.2, 0) is 20.1 Å². The average molecular weight is 301 g/mol. The van der Waals surface area contributed by atoms with Gasteiger partial charge in [-0.15, -0.1) is 0 Å².